The third-order valence-electron chi connectivity index (χ3n) is 6.90. The molecule has 14 nitrogen and oxygen atoms in total. The van der Waals surface area contributed by atoms with E-state index in [1.54, 1.807) is 36.4 Å². The minimum Gasteiger partial charge on any atom is -0.744 e. The van der Waals surface area contributed by atoms with Crippen LogP contribution < -0.4 is 129 Å². The summed E-state index contributed by atoms with van der Waals surface area (Å²) in [6, 6.07) is 15.6. The molecule has 0 aromatic heterocycles. The number of rotatable bonds is 11. The van der Waals surface area contributed by atoms with Crippen molar-refractivity contribution in [2.75, 3.05) is 10.6 Å². The molecule has 0 spiro atoms. The molecule has 0 radical (unpaired) electrons. The summed E-state index contributed by atoms with van der Waals surface area (Å²) in [5.74, 6) is 0. The molecular formula is C28H24N2Na4O12S4. The molecule has 0 bridgehead atoms. The third-order valence-corrected chi connectivity index (χ3v) is 10.4. The third kappa shape index (κ3) is 13.2. The molecule has 0 aliphatic rings. The zero-order valence-corrected chi connectivity index (χ0v) is 39.1. The Kier molecular flexibility index (Phi) is 19.7. The van der Waals surface area contributed by atoms with Crippen LogP contribution in [0.4, 0.5) is 11.4 Å². The zero-order chi connectivity index (χ0) is 34.2. The number of aryl methyl sites for hydroxylation is 2. The number of hydrogen-bond donors (Lipinski definition) is 2. The van der Waals surface area contributed by atoms with Gasteiger partial charge in [-0.25, -0.2) is 33.7 Å². The van der Waals surface area contributed by atoms with Crippen molar-refractivity contribution in [3.05, 3.63) is 95.1 Å². The summed E-state index contributed by atoms with van der Waals surface area (Å²) in [6.45, 7) is 3.31. The van der Waals surface area contributed by atoms with Crippen LogP contribution >= 0.6 is 0 Å². The van der Waals surface area contributed by atoms with Crippen LogP contribution in [0.25, 0.3) is 11.1 Å². The van der Waals surface area contributed by atoms with Crippen molar-refractivity contribution in [3.63, 3.8) is 0 Å². The van der Waals surface area contributed by atoms with E-state index in [1.165, 1.54) is 0 Å². The summed E-state index contributed by atoms with van der Waals surface area (Å²) >= 11 is 0. The first-order valence-corrected chi connectivity index (χ1v) is 18.6. The fourth-order valence-electron chi connectivity index (χ4n) is 4.68. The quantitative estimate of drug-likeness (QED) is 0.106. The van der Waals surface area contributed by atoms with E-state index in [0.717, 1.165) is 46.5 Å². The molecular weight excluding hydrogens is 777 g/mol. The van der Waals surface area contributed by atoms with Crippen molar-refractivity contribution < 1.29 is 170 Å². The van der Waals surface area contributed by atoms with E-state index in [4.69, 9.17) is 0 Å². The minimum atomic E-state index is -5.09. The van der Waals surface area contributed by atoms with E-state index in [-0.39, 0.29) is 142 Å². The molecule has 4 rings (SSSR count). The van der Waals surface area contributed by atoms with Gasteiger partial charge in [-0.1, -0.05) is 24.3 Å². The zero-order valence-electron chi connectivity index (χ0n) is 27.9. The van der Waals surface area contributed by atoms with Crippen LogP contribution in [0.5, 0.6) is 0 Å². The summed E-state index contributed by atoms with van der Waals surface area (Å²) in [5, 5.41) is 5.95. The van der Waals surface area contributed by atoms with Crippen LogP contribution in [-0.4, -0.2) is 51.9 Å². The Bertz CT molecular complexity index is 2140. The van der Waals surface area contributed by atoms with Crippen LogP contribution in [0.3, 0.4) is 0 Å². The van der Waals surface area contributed by atoms with Crippen molar-refractivity contribution in [3.8, 4) is 11.1 Å². The van der Waals surface area contributed by atoms with Crippen molar-refractivity contribution in [1.29, 1.82) is 0 Å². The standard InChI is InChI=1S/C28H28N2O12S4.4Na/c1-17-11-21(29-15-19-3-7-23(43(31,32)33)13-27(19)45(37,38)39)5-9-25(17)26-10-6-22(12-18(26)2)30-16-20-4-8-24(44(34,35)36)14-28(20)46(40,41)42;;;;/h3-14,29-30H,15-16H2,1-2H3,(H,31,32,33)(H,34,35,36)(H,37,38,39)(H,40,41,42);;;;/q;4*+1/p-4. The molecule has 22 heteroatoms. The Labute approximate surface area is 379 Å². The SMILES string of the molecule is Cc1cc(NCc2ccc(S(=O)(=O)[O-])cc2S(=O)(=O)[O-])ccc1-c1ccc(NCc2ccc(S(=O)(=O)[O-])cc2S(=O)(=O)[O-])cc1C.[Na+].[Na+].[Na+].[Na+]. The summed E-state index contributed by atoms with van der Waals surface area (Å²) in [7, 11) is -20.1. The molecule has 0 amide bonds. The van der Waals surface area contributed by atoms with Crippen LogP contribution in [0, 0.1) is 13.8 Å². The summed E-state index contributed by atoms with van der Waals surface area (Å²) in [4.78, 5) is -3.33. The molecule has 2 N–H and O–H groups in total. The predicted octanol–water partition coefficient (Wildman–Crippen LogP) is -9.17. The Hall–Kier alpha value is 0.120. The van der Waals surface area contributed by atoms with Gasteiger partial charge in [0.15, 0.2) is 0 Å². The largest absolute Gasteiger partial charge is 1.00 e. The van der Waals surface area contributed by atoms with Crippen LogP contribution in [-0.2, 0) is 53.6 Å². The second-order valence-corrected chi connectivity index (χ2v) is 15.6. The average molecular weight is 801 g/mol. The molecule has 0 aliphatic heterocycles. The number of hydrogen-bond acceptors (Lipinski definition) is 14. The fraction of sp³-hybridized carbons (Fsp3) is 0.143. The number of nitrogens with one attached hydrogen (secondary N) is 2. The van der Waals surface area contributed by atoms with E-state index in [0.29, 0.717) is 23.5 Å². The Morgan fingerprint density at radius 1 is 0.460 bits per heavy atom. The molecule has 0 unspecified atom stereocenters. The summed E-state index contributed by atoms with van der Waals surface area (Å²) in [5.41, 5.74) is 4.30. The van der Waals surface area contributed by atoms with Crippen LogP contribution in [0.15, 0.2) is 92.4 Å². The summed E-state index contributed by atoms with van der Waals surface area (Å²) in [6.07, 6.45) is 0. The van der Waals surface area contributed by atoms with Gasteiger partial charge in [-0.05, 0) is 95.8 Å². The number of anilines is 2. The van der Waals surface area contributed by atoms with E-state index in [2.05, 4.69) is 10.6 Å². The topological polar surface area (TPSA) is 253 Å². The van der Waals surface area contributed by atoms with Gasteiger partial charge in [0, 0.05) is 24.5 Å². The molecule has 0 atom stereocenters. The fourth-order valence-corrected chi connectivity index (χ4v) is 7.29. The van der Waals surface area contributed by atoms with Crippen LogP contribution in [0.1, 0.15) is 22.3 Å². The Morgan fingerprint density at radius 2 is 0.780 bits per heavy atom. The molecule has 0 fully saturated rings. The van der Waals surface area contributed by atoms with Gasteiger partial charge in [-0.3, -0.25) is 0 Å². The van der Waals surface area contributed by atoms with Gasteiger partial charge in [0.05, 0.1) is 19.6 Å². The van der Waals surface area contributed by atoms with Gasteiger partial charge in [0.1, 0.15) is 40.5 Å². The second kappa shape index (κ2) is 19.6. The Balaban J connectivity index is 0.00000600. The smallest absolute Gasteiger partial charge is 0.744 e. The maximum atomic E-state index is 11.7. The monoisotopic (exact) mass is 800 g/mol. The molecule has 4 aromatic carbocycles. The van der Waals surface area contributed by atoms with Gasteiger partial charge in [0.25, 0.3) is 0 Å². The second-order valence-electron chi connectivity index (χ2n) is 10.1. The van der Waals surface area contributed by atoms with E-state index in [9.17, 15) is 51.9 Å². The molecule has 0 aliphatic carbocycles. The first kappa shape index (κ1) is 50.1. The molecule has 0 saturated heterocycles. The molecule has 4 aromatic rings. The average Bonchev–Trinajstić information content (AvgIpc) is 2.93. The Morgan fingerprint density at radius 3 is 1.04 bits per heavy atom. The van der Waals surface area contributed by atoms with Gasteiger partial charge in [0.2, 0.25) is 0 Å². The van der Waals surface area contributed by atoms with Crippen molar-refractivity contribution in [2.24, 2.45) is 0 Å². The normalized spacial score (nSPS) is 11.6. The summed E-state index contributed by atoms with van der Waals surface area (Å²) < 4.78 is 138. The maximum Gasteiger partial charge on any atom is 1.00 e. The molecule has 0 saturated carbocycles. The molecule has 50 heavy (non-hydrogen) atoms. The van der Waals surface area contributed by atoms with Gasteiger partial charge >= 0.3 is 118 Å². The van der Waals surface area contributed by atoms with E-state index in [1.807, 2.05) is 13.8 Å². The first-order valence-electron chi connectivity index (χ1n) is 12.9. The van der Waals surface area contributed by atoms with E-state index >= 15 is 0 Å². The first-order chi connectivity index (χ1) is 21.1. The van der Waals surface area contributed by atoms with E-state index < -0.39 is 60.1 Å². The predicted molar refractivity (Wildman–Crippen MR) is 161 cm³/mol. The van der Waals surface area contributed by atoms with Crippen molar-refractivity contribution in [2.45, 2.75) is 46.5 Å². The van der Waals surface area contributed by atoms with Crippen LogP contribution in [0.2, 0.25) is 0 Å². The van der Waals surface area contributed by atoms with Gasteiger partial charge < -0.3 is 28.8 Å². The van der Waals surface area contributed by atoms with Gasteiger partial charge in [-0.2, -0.15) is 0 Å². The maximum absolute atomic E-state index is 11.7. The van der Waals surface area contributed by atoms with Crippen molar-refractivity contribution >= 4 is 51.8 Å². The van der Waals surface area contributed by atoms with Crippen molar-refractivity contribution in [1.82, 2.24) is 0 Å². The minimum absolute atomic E-state index is 0. The van der Waals surface area contributed by atoms with Gasteiger partial charge in [-0.15, -0.1) is 0 Å². The molecule has 0 heterocycles. The molecule has 246 valence electrons. The number of benzene rings is 4.